The summed E-state index contributed by atoms with van der Waals surface area (Å²) in [5.41, 5.74) is 2.71. The summed E-state index contributed by atoms with van der Waals surface area (Å²) in [4.78, 5) is 0. The fourth-order valence-electron chi connectivity index (χ4n) is 7.13. The minimum absolute atomic E-state index is 0.260. The van der Waals surface area contributed by atoms with Crippen molar-refractivity contribution in [3.05, 3.63) is 192 Å². The van der Waals surface area contributed by atoms with Gasteiger partial charge in [-0.3, -0.25) is 0 Å². The maximum Gasteiger partial charge on any atom is 0.103 e. The zero-order valence-corrected chi connectivity index (χ0v) is 34.7. The quantitative estimate of drug-likeness (QED) is 0.110. The molecule has 256 valence electrons. The van der Waals surface area contributed by atoms with Gasteiger partial charge >= 0.3 is 37.9 Å². The Hall–Kier alpha value is -2.44. The van der Waals surface area contributed by atoms with Crippen molar-refractivity contribution in [2.24, 2.45) is 0 Å². The van der Waals surface area contributed by atoms with Gasteiger partial charge in [0.15, 0.2) is 0 Å². The van der Waals surface area contributed by atoms with E-state index in [2.05, 4.69) is 170 Å². The van der Waals surface area contributed by atoms with Crippen LogP contribution in [0, 0.1) is 0 Å². The van der Waals surface area contributed by atoms with Gasteiger partial charge < -0.3 is 10.6 Å². The Morgan fingerprint density at radius 3 is 1.02 bits per heavy atom. The summed E-state index contributed by atoms with van der Waals surface area (Å²) in [6.07, 6.45) is 4.71. The van der Waals surface area contributed by atoms with Crippen molar-refractivity contribution < 1.29 is 20.8 Å². The van der Waals surface area contributed by atoms with Gasteiger partial charge in [0.25, 0.3) is 0 Å². The van der Waals surface area contributed by atoms with Crippen LogP contribution in [0.25, 0.3) is 10.6 Å². The predicted octanol–water partition coefficient (Wildman–Crippen LogP) is 9.80. The van der Waals surface area contributed by atoms with Gasteiger partial charge in [-0.25, -0.2) is 0 Å². The first-order valence-corrected chi connectivity index (χ1v) is 27.0. The SMILES string of the molecule is [Cl][Zr+2][Cl].c1ccc([PH+](c2ccccc2)c2ccccc2C[N-][C@@H]2CCCC[C@H]2[N-]Cc2ccccc2[PH+](c2ccccc2)c2ccccc2)cc1. The first kappa shape index (κ1) is 38.3. The molecule has 0 spiro atoms. The smallest absolute Gasteiger partial charge is 0.103 e. The van der Waals surface area contributed by atoms with Gasteiger partial charge in [-0.15, -0.1) is 13.1 Å². The molecule has 2 nitrogen and oxygen atoms in total. The van der Waals surface area contributed by atoms with Gasteiger partial charge in [0.05, 0.1) is 15.8 Å². The number of hydrogen-bond acceptors (Lipinski definition) is 0. The Morgan fingerprint density at radius 1 is 0.431 bits per heavy atom. The molecule has 0 aromatic heterocycles. The first-order chi connectivity index (χ1) is 25.3. The van der Waals surface area contributed by atoms with Crippen molar-refractivity contribution >= 4 is 64.7 Å². The molecule has 0 N–H and O–H groups in total. The molecule has 0 saturated heterocycles. The van der Waals surface area contributed by atoms with Gasteiger partial charge in [-0.05, 0) is 71.8 Å². The van der Waals surface area contributed by atoms with E-state index in [0.29, 0.717) is 0 Å². The van der Waals surface area contributed by atoms with Crippen molar-refractivity contribution in [1.29, 1.82) is 0 Å². The van der Waals surface area contributed by atoms with Crippen LogP contribution in [-0.4, -0.2) is 12.1 Å². The first-order valence-electron chi connectivity index (χ1n) is 17.7. The average molecular weight is 825 g/mol. The molecular weight excluding hydrogens is 781 g/mol. The van der Waals surface area contributed by atoms with Gasteiger partial charge in [-0.1, -0.05) is 135 Å². The fraction of sp³-hybridized carbons (Fsp3) is 0.182. The molecule has 6 aromatic carbocycles. The average Bonchev–Trinajstić information content (AvgIpc) is 3.20. The van der Waals surface area contributed by atoms with Gasteiger partial charge in [0, 0.05) is 0 Å². The largest absolute Gasteiger partial charge is 0.657 e. The number of benzene rings is 6. The molecule has 6 aromatic rings. The Bertz CT molecular complexity index is 1670. The minimum Gasteiger partial charge on any atom is -0.657 e. The van der Waals surface area contributed by atoms with Crippen molar-refractivity contribution in [2.45, 2.75) is 50.9 Å². The Balaban J connectivity index is 0.00000144. The second-order valence-electron chi connectivity index (χ2n) is 12.7. The van der Waals surface area contributed by atoms with E-state index in [1.54, 1.807) is 0 Å². The van der Waals surface area contributed by atoms with E-state index in [-0.39, 0.29) is 12.1 Å². The molecule has 0 bridgehead atoms. The summed E-state index contributed by atoms with van der Waals surface area (Å²) in [6.45, 7) is 1.48. The summed E-state index contributed by atoms with van der Waals surface area (Å²) in [5, 5.41) is 19.5. The second-order valence-corrected chi connectivity index (χ2v) is 21.3. The summed E-state index contributed by atoms with van der Waals surface area (Å²) >= 11 is -0.826. The zero-order valence-electron chi connectivity index (χ0n) is 28.7. The van der Waals surface area contributed by atoms with Gasteiger partial charge in [-0.2, -0.15) is 12.1 Å². The van der Waals surface area contributed by atoms with Crippen LogP contribution in [0.3, 0.4) is 0 Å². The van der Waals surface area contributed by atoms with Crippen LogP contribution in [0.5, 0.6) is 0 Å². The molecule has 0 amide bonds. The molecule has 2 atom stereocenters. The monoisotopic (exact) mass is 822 g/mol. The Kier molecular flexibility index (Phi) is 15.6. The summed E-state index contributed by atoms with van der Waals surface area (Å²) < 4.78 is 0. The number of halogens is 2. The topological polar surface area (TPSA) is 28.2 Å². The van der Waals surface area contributed by atoms with Gasteiger partial charge in [0.1, 0.15) is 31.8 Å². The normalized spacial score (nSPS) is 15.5. The van der Waals surface area contributed by atoms with E-state index in [1.807, 2.05) is 0 Å². The van der Waals surface area contributed by atoms with Crippen molar-refractivity contribution in [3.8, 4) is 0 Å². The van der Waals surface area contributed by atoms with Crippen LogP contribution in [-0.2, 0) is 33.9 Å². The molecular formula is C44H44Cl2N2P2Zr+2. The van der Waals surface area contributed by atoms with E-state index < -0.39 is 36.7 Å². The predicted molar refractivity (Wildman–Crippen MR) is 225 cm³/mol. The molecule has 7 rings (SSSR count). The van der Waals surface area contributed by atoms with Crippen molar-refractivity contribution in [1.82, 2.24) is 0 Å². The number of rotatable bonds is 12. The van der Waals surface area contributed by atoms with Crippen molar-refractivity contribution in [2.75, 3.05) is 0 Å². The van der Waals surface area contributed by atoms with Crippen LogP contribution in [0.4, 0.5) is 0 Å². The van der Waals surface area contributed by atoms with E-state index in [1.165, 1.54) is 55.8 Å². The van der Waals surface area contributed by atoms with Crippen LogP contribution < -0.4 is 31.8 Å². The number of hydrogen-bond donors (Lipinski definition) is 0. The van der Waals surface area contributed by atoms with E-state index in [0.717, 1.165) is 25.9 Å². The van der Waals surface area contributed by atoms with E-state index in [4.69, 9.17) is 27.7 Å². The molecule has 1 aliphatic carbocycles. The standard InChI is InChI=1S/C44H42N2P2.2ClH.Zr/c1-5-21-37(22-6-1)47(38-23-7-2-8-24-38)43-31-17-13-19-35(43)33-45-41-29-15-16-30-42(41)46-34-36-20-14-18-32-44(36)48(39-25-9-3-10-26-39)40-27-11-4-12-28-40;;;/h1-14,17-28,31-32,41-42H,15-16,29-30,33-34H2;2*1H;/q-2;;;+4/t41-,42-;;;/m1.../s1. The second kappa shape index (κ2) is 20.7. The molecule has 0 unspecified atom stereocenters. The summed E-state index contributed by atoms with van der Waals surface area (Å²) in [7, 11) is 7.55. The molecule has 1 fully saturated rings. The third kappa shape index (κ3) is 10.6. The van der Waals surface area contributed by atoms with Crippen LogP contribution in [0.15, 0.2) is 170 Å². The molecule has 1 saturated carbocycles. The molecule has 1 aliphatic rings. The third-order valence-corrected chi connectivity index (χ3v) is 15.2. The maximum absolute atomic E-state index is 5.46. The third-order valence-electron chi connectivity index (χ3n) is 9.51. The van der Waals surface area contributed by atoms with Crippen molar-refractivity contribution in [3.63, 3.8) is 0 Å². The molecule has 0 aliphatic heterocycles. The zero-order chi connectivity index (χ0) is 35.1. The van der Waals surface area contributed by atoms with Gasteiger partial charge in [0.2, 0.25) is 0 Å². The van der Waals surface area contributed by atoms with Crippen LogP contribution in [0.2, 0.25) is 0 Å². The maximum atomic E-state index is 5.46. The van der Waals surface area contributed by atoms with E-state index in [9.17, 15) is 0 Å². The molecule has 0 radical (unpaired) electrons. The molecule has 51 heavy (non-hydrogen) atoms. The fourth-order valence-corrected chi connectivity index (χ4v) is 12.6. The number of nitrogens with zero attached hydrogens (tertiary/aromatic N) is 2. The summed E-state index contributed by atoms with van der Waals surface area (Å²) in [5.74, 6) is 0. The summed E-state index contributed by atoms with van der Waals surface area (Å²) in [6, 6.07) is 62.8. The van der Waals surface area contributed by atoms with Crippen LogP contribution >= 0.6 is 32.9 Å². The minimum atomic E-state index is -1.16. The van der Waals surface area contributed by atoms with Crippen LogP contribution in [0.1, 0.15) is 36.8 Å². The molecule has 0 heterocycles. The molecule has 7 heteroatoms. The Labute approximate surface area is 325 Å². The Morgan fingerprint density at radius 2 is 0.706 bits per heavy atom. The van der Waals surface area contributed by atoms with E-state index >= 15 is 0 Å².